The lowest BCUT2D eigenvalue weighted by Gasteiger charge is -2.24. The molecule has 6 nitrogen and oxygen atoms in total. The molecule has 1 atom stereocenters. The highest BCUT2D eigenvalue weighted by Gasteiger charge is 2.22. The number of aryl methyl sites for hydroxylation is 1. The van der Waals surface area contributed by atoms with Gasteiger partial charge in [0.05, 0.1) is 12.8 Å². The third kappa shape index (κ3) is 4.30. The van der Waals surface area contributed by atoms with Gasteiger partial charge < -0.3 is 14.4 Å². The van der Waals surface area contributed by atoms with Crippen LogP contribution in [0, 0.1) is 6.92 Å². The highest BCUT2D eigenvalue weighted by atomic mass is 16.4. The molecule has 3 aromatic rings. The molecule has 2 aromatic heterocycles. The molecule has 6 heteroatoms. The number of benzene rings is 1. The van der Waals surface area contributed by atoms with Crippen molar-refractivity contribution in [2.75, 3.05) is 6.54 Å². The summed E-state index contributed by atoms with van der Waals surface area (Å²) in [5.41, 5.74) is 1.98. The molecule has 0 aliphatic heterocycles. The fourth-order valence-electron chi connectivity index (χ4n) is 2.54. The number of aromatic nitrogens is 2. The molecule has 0 spiro atoms. The topological polar surface area (TPSA) is 79.5 Å². The minimum atomic E-state index is -0.911. The zero-order valence-electron chi connectivity index (χ0n) is 13.9. The molecule has 0 saturated carbocycles. The summed E-state index contributed by atoms with van der Waals surface area (Å²) in [6.45, 7) is 2.27. The maximum absolute atomic E-state index is 12.9. The SMILES string of the molecule is Cc1cc(C(=O)N(Cc2ccccc2)CC(O)c2ccco2)ncn1. The molecule has 0 aliphatic rings. The van der Waals surface area contributed by atoms with Crippen molar-refractivity contribution in [1.82, 2.24) is 14.9 Å². The van der Waals surface area contributed by atoms with Crippen molar-refractivity contribution in [2.45, 2.75) is 19.6 Å². The van der Waals surface area contributed by atoms with Crippen molar-refractivity contribution in [1.29, 1.82) is 0 Å². The summed E-state index contributed by atoms with van der Waals surface area (Å²) < 4.78 is 5.24. The summed E-state index contributed by atoms with van der Waals surface area (Å²) in [5.74, 6) is 0.157. The number of carbonyl (C=O) groups is 1. The van der Waals surface area contributed by atoms with Crippen LogP contribution in [0.25, 0.3) is 0 Å². The Hall–Kier alpha value is -2.99. The van der Waals surface area contributed by atoms with Gasteiger partial charge in [-0.05, 0) is 30.7 Å². The third-order valence-electron chi connectivity index (χ3n) is 3.79. The predicted octanol–water partition coefficient (Wildman–Crippen LogP) is 2.75. The predicted molar refractivity (Wildman–Crippen MR) is 91.6 cm³/mol. The first-order chi connectivity index (χ1) is 12.1. The van der Waals surface area contributed by atoms with Crippen LogP contribution in [0.1, 0.15) is 33.6 Å². The minimum Gasteiger partial charge on any atom is -0.467 e. The van der Waals surface area contributed by atoms with Crippen molar-refractivity contribution in [2.24, 2.45) is 0 Å². The molecule has 0 bridgehead atoms. The molecule has 0 fully saturated rings. The second kappa shape index (κ2) is 7.72. The van der Waals surface area contributed by atoms with E-state index in [0.717, 1.165) is 5.56 Å². The van der Waals surface area contributed by atoms with E-state index in [4.69, 9.17) is 4.42 Å². The van der Waals surface area contributed by atoms with E-state index in [1.54, 1.807) is 30.0 Å². The Kier molecular flexibility index (Phi) is 5.20. The Bertz CT molecular complexity index is 819. The zero-order chi connectivity index (χ0) is 17.6. The summed E-state index contributed by atoms with van der Waals surface area (Å²) in [7, 11) is 0. The number of carbonyl (C=O) groups excluding carboxylic acids is 1. The van der Waals surface area contributed by atoms with Crippen molar-refractivity contribution in [3.05, 3.63) is 83.8 Å². The third-order valence-corrected chi connectivity index (χ3v) is 3.79. The van der Waals surface area contributed by atoms with Gasteiger partial charge in [-0.3, -0.25) is 4.79 Å². The van der Waals surface area contributed by atoms with Crippen LogP contribution in [0.2, 0.25) is 0 Å². The van der Waals surface area contributed by atoms with E-state index in [0.29, 0.717) is 23.7 Å². The van der Waals surface area contributed by atoms with Crippen molar-refractivity contribution < 1.29 is 14.3 Å². The van der Waals surface area contributed by atoms with Crippen molar-refractivity contribution in [3.63, 3.8) is 0 Å². The van der Waals surface area contributed by atoms with E-state index in [2.05, 4.69) is 9.97 Å². The summed E-state index contributed by atoms with van der Waals surface area (Å²) in [6, 6.07) is 14.6. The number of amides is 1. The molecule has 25 heavy (non-hydrogen) atoms. The Labute approximate surface area is 145 Å². The zero-order valence-corrected chi connectivity index (χ0v) is 13.9. The molecule has 1 N–H and O–H groups in total. The molecule has 0 saturated heterocycles. The van der Waals surface area contributed by atoms with Gasteiger partial charge in [-0.15, -0.1) is 0 Å². The van der Waals surface area contributed by atoms with E-state index in [9.17, 15) is 9.90 Å². The molecule has 128 valence electrons. The average Bonchev–Trinajstić information content (AvgIpc) is 3.16. The lowest BCUT2D eigenvalue weighted by atomic mass is 10.1. The van der Waals surface area contributed by atoms with Crippen LogP contribution in [0.3, 0.4) is 0 Å². The summed E-state index contributed by atoms with van der Waals surface area (Å²) in [4.78, 5) is 22.5. The van der Waals surface area contributed by atoms with E-state index >= 15 is 0 Å². The Morgan fingerprint density at radius 1 is 1.20 bits per heavy atom. The molecule has 1 unspecified atom stereocenters. The molecule has 1 aromatic carbocycles. The van der Waals surface area contributed by atoms with Crippen LogP contribution in [0.4, 0.5) is 0 Å². The fraction of sp³-hybridized carbons (Fsp3) is 0.211. The normalized spacial score (nSPS) is 11.9. The maximum atomic E-state index is 12.9. The number of aliphatic hydroxyl groups excluding tert-OH is 1. The number of hydrogen-bond acceptors (Lipinski definition) is 5. The summed E-state index contributed by atoms with van der Waals surface area (Å²) in [5, 5.41) is 10.4. The lowest BCUT2D eigenvalue weighted by Crippen LogP contribution is -2.35. The number of aliphatic hydroxyl groups is 1. The second-order valence-corrected chi connectivity index (χ2v) is 5.75. The van der Waals surface area contributed by atoms with Crippen molar-refractivity contribution >= 4 is 5.91 Å². The summed E-state index contributed by atoms with van der Waals surface area (Å²) >= 11 is 0. The standard InChI is InChI=1S/C19H19N3O3/c1-14-10-16(21-13-20-14)19(24)22(11-15-6-3-2-4-7-15)12-17(23)18-8-5-9-25-18/h2-10,13,17,23H,11-12H2,1H3. The molecular weight excluding hydrogens is 318 g/mol. The fourth-order valence-corrected chi connectivity index (χ4v) is 2.54. The highest BCUT2D eigenvalue weighted by Crippen LogP contribution is 2.18. The smallest absolute Gasteiger partial charge is 0.272 e. The van der Waals surface area contributed by atoms with Gasteiger partial charge in [0, 0.05) is 12.2 Å². The molecule has 0 aliphatic carbocycles. The Morgan fingerprint density at radius 2 is 2.00 bits per heavy atom. The number of furan rings is 1. The van der Waals surface area contributed by atoms with Crippen LogP contribution in [0.5, 0.6) is 0 Å². The first kappa shape index (κ1) is 16.9. The molecule has 3 rings (SSSR count). The van der Waals surface area contributed by atoms with Crippen LogP contribution in [-0.4, -0.2) is 32.4 Å². The molecule has 1 amide bonds. The highest BCUT2D eigenvalue weighted by molar-refractivity contribution is 5.92. The van der Waals surface area contributed by atoms with E-state index in [1.807, 2.05) is 30.3 Å². The average molecular weight is 337 g/mol. The number of rotatable bonds is 6. The van der Waals surface area contributed by atoms with Crippen LogP contribution < -0.4 is 0 Å². The second-order valence-electron chi connectivity index (χ2n) is 5.75. The molecule has 0 radical (unpaired) electrons. The van der Waals surface area contributed by atoms with Crippen LogP contribution >= 0.6 is 0 Å². The van der Waals surface area contributed by atoms with Gasteiger partial charge in [0.1, 0.15) is 23.9 Å². The van der Waals surface area contributed by atoms with Crippen LogP contribution in [0.15, 0.2) is 65.5 Å². The van der Waals surface area contributed by atoms with E-state index in [1.165, 1.54) is 12.6 Å². The Balaban J connectivity index is 1.84. The van der Waals surface area contributed by atoms with Crippen LogP contribution in [-0.2, 0) is 6.54 Å². The first-order valence-corrected chi connectivity index (χ1v) is 7.97. The van der Waals surface area contributed by atoms with Gasteiger partial charge in [0.25, 0.3) is 5.91 Å². The molecule has 2 heterocycles. The Morgan fingerprint density at radius 3 is 2.68 bits per heavy atom. The van der Waals surface area contributed by atoms with E-state index in [-0.39, 0.29) is 12.5 Å². The quantitative estimate of drug-likeness (QED) is 0.748. The monoisotopic (exact) mass is 337 g/mol. The first-order valence-electron chi connectivity index (χ1n) is 7.97. The largest absolute Gasteiger partial charge is 0.467 e. The van der Waals surface area contributed by atoms with Gasteiger partial charge in [-0.1, -0.05) is 30.3 Å². The number of hydrogen-bond donors (Lipinski definition) is 1. The van der Waals surface area contributed by atoms with Gasteiger partial charge in [0.15, 0.2) is 0 Å². The van der Waals surface area contributed by atoms with Gasteiger partial charge in [-0.25, -0.2) is 9.97 Å². The van der Waals surface area contributed by atoms with Gasteiger partial charge in [-0.2, -0.15) is 0 Å². The minimum absolute atomic E-state index is 0.101. The van der Waals surface area contributed by atoms with Crippen molar-refractivity contribution in [3.8, 4) is 0 Å². The lowest BCUT2D eigenvalue weighted by molar-refractivity contribution is 0.0557. The van der Waals surface area contributed by atoms with Gasteiger partial charge in [0.2, 0.25) is 0 Å². The van der Waals surface area contributed by atoms with Gasteiger partial charge >= 0.3 is 0 Å². The molecular formula is C19H19N3O3. The van der Waals surface area contributed by atoms with E-state index < -0.39 is 6.10 Å². The number of nitrogens with zero attached hydrogens (tertiary/aromatic N) is 3. The summed E-state index contributed by atoms with van der Waals surface area (Å²) in [6.07, 6.45) is 1.95. The maximum Gasteiger partial charge on any atom is 0.272 e.